The van der Waals surface area contributed by atoms with Crippen LogP contribution in [0.2, 0.25) is 0 Å². The zero-order valence-corrected chi connectivity index (χ0v) is 20.3. The minimum absolute atomic E-state index is 0.174. The van der Waals surface area contributed by atoms with Crippen LogP contribution in [0.5, 0.6) is 11.5 Å². The molecule has 0 saturated heterocycles. The molecule has 0 saturated carbocycles. The van der Waals surface area contributed by atoms with Crippen LogP contribution in [-0.2, 0) is 11.2 Å². The van der Waals surface area contributed by atoms with Crippen molar-refractivity contribution in [3.63, 3.8) is 0 Å². The molecule has 7 nitrogen and oxygen atoms in total. The van der Waals surface area contributed by atoms with E-state index in [4.69, 9.17) is 9.47 Å². The predicted molar refractivity (Wildman–Crippen MR) is 134 cm³/mol. The van der Waals surface area contributed by atoms with Crippen LogP contribution in [0.1, 0.15) is 21.5 Å². The van der Waals surface area contributed by atoms with E-state index in [1.165, 1.54) is 6.92 Å². The van der Waals surface area contributed by atoms with Crippen molar-refractivity contribution in [3.8, 4) is 22.6 Å². The van der Waals surface area contributed by atoms with Crippen molar-refractivity contribution < 1.29 is 33.0 Å². The van der Waals surface area contributed by atoms with E-state index in [1.807, 2.05) is 6.07 Å². The predicted octanol–water partition coefficient (Wildman–Crippen LogP) is 4.93. The van der Waals surface area contributed by atoms with Crippen molar-refractivity contribution in [1.29, 1.82) is 0 Å². The Kier molecular flexibility index (Phi) is 7.33. The number of rotatable bonds is 8. The fraction of sp³-hybridized carbons (Fsp3) is 0.179. The van der Waals surface area contributed by atoms with Gasteiger partial charge in [0.05, 0.1) is 25.3 Å². The molecule has 0 aliphatic rings. The van der Waals surface area contributed by atoms with Gasteiger partial charge in [0, 0.05) is 18.0 Å². The number of nitrogens with one attached hydrogen (secondary N) is 1. The number of fused-ring (bicyclic) bond motifs is 1. The molecular formula is C28H24F2N2O5. The average molecular weight is 507 g/mol. The summed E-state index contributed by atoms with van der Waals surface area (Å²) >= 11 is 0. The first-order valence-corrected chi connectivity index (χ1v) is 11.3. The number of carboxylic acids is 1. The van der Waals surface area contributed by atoms with Crippen LogP contribution in [0.25, 0.3) is 22.0 Å². The van der Waals surface area contributed by atoms with E-state index in [0.29, 0.717) is 39.1 Å². The molecule has 9 heteroatoms. The minimum Gasteiger partial charge on any atom is -0.496 e. The number of nitrogens with zero attached hydrogens (tertiary/aromatic N) is 1. The standard InChI is InChI=1S/C28H24F2N2O5/c1-15-12-19(29)25(20(30)13-15)27(33)32-21(28(34)35)14-16-9-10-17(18-6-5-11-31-26(16)18)24-22(36-2)7-4-8-23(24)37-3/h4-13,21H,14H2,1-3H3,(H,32,33)(H,34,35)/t21-/m0/s1. The zero-order valence-electron chi connectivity index (χ0n) is 20.3. The van der Waals surface area contributed by atoms with Crippen molar-refractivity contribution in [2.75, 3.05) is 14.2 Å². The van der Waals surface area contributed by atoms with Crippen molar-refractivity contribution in [2.45, 2.75) is 19.4 Å². The molecule has 0 spiro atoms. The summed E-state index contributed by atoms with van der Waals surface area (Å²) in [6.07, 6.45) is 1.40. The Morgan fingerprint density at radius 1 is 1.00 bits per heavy atom. The minimum atomic E-state index is -1.47. The maximum atomic E-state index is 14.3. The highest BCUT2D eigenvalue weighted by atomic mass is 19.1. The number of carbonyl (C=O) groups excluding carboxylic acids is 1. The van der Waals surface area contributed by atoms with Crippen LogP contribution in [0.15, 0.2) is 60.8 Å². The molecule has 0 fully saturated rings. The largest absolute Gasteiger partial charge is 0.496 e. The summed E-state index contributed by atoms with van der Waals surface area (Å²) in [5, 5.41) is 12.7. The zero-order chi connectivity index (χ0) is 26.7. The second kappa shape index (κ2) is 10.6. The van der Waals surface area contributed by atoms with Gasteiger partial charge in [-0.3, -0.25) is 9.78 Å². The Morgan fingerprint density at radius 3 is 2.24 bits per heavy atom. The molecule has 2 N–H and O–H groups in total. The molecule has 190 valence electrons. The quantitative estimate of drug-likeness (QED) is 0.352. The summed E-state index contributed by atoms with van der Waals surface area (Å²) in [5.41, 5.74) is 1.93. The number of aryl methyl sites for hydroxylation is 1. The lowest BCUT2D eigenvalue weighted by molar-refractivity contribution is -0.139. The Hall–Kier alpha value is -4.53. The molecule has 0 aliphatic heterocycles. The van der Waals surface area contributed by atoms with Crippen LogP contribution in [0, 0.1) is 18.6 Å². The number of methoxy groups -OCH3 is 2. The Labute approximate surface area is 211 Å². The second-order valence-corrected chi connectivity index (χ2v) is 8.38. The third kappa shape index (κ3) is 5.06. The first-order valence-electron chi connectivity index (χ1n) is 11.3. The molecule has 0 bridgehead atoms. The van der Waals surface area contributed by atoms with Gasteiger partial charge < -0.3 is 19.9 Å². The number of hydrogen-bond donors (Lipinski definition) is 2. The molecule has 0 radical (unpaired) electrons. The van der Waals surface area contributed by atoms with Gasteiger partial charge >= 0.3 is 5.97 Å². The van der Waals surface area contributed by atoms with Gasteiger partial charge in [0.1, 0.15) is 34.7 Å². The molecular weight excluding hydrogens is 482 g/mol. The van der Waals surface area contributed by atoms with E-state index in [2.05, 4.69) is 10.3 Å². The maximum Gasteiger partial charge on any atom is 0.326 e. The highest BCUT2D eigenvalue weighted by molar-refractivity contribution is 6.00. The second-order valence-electron chi connectivity index (χ2n) is 8.38. The molecule has 4 rings (SSSR count). The van der Waals surface area contributed by atoms with Gasteiger partial charge in [0.2, 0.25) is 0 Å². The Morgan fingerprint density at radius 2 is 1.65 bits per heavy atom. The lowest BCUT2D eigenvalue weighted by atomic mass is 9.94. The highest BCUT2D eigenvalue weighted by Gasteiger charge is 2.26. The molecule has 0 aliphatic carbocycles. The fourth-order valence-corrected chi connectivity index (χ4v) is 4.30. The number of carbonyl (C=O) groups is 2. The molecule has 1 aromatic heterocycles. The summed E-state index contributed by atoms with van der Waals surface area (Å²) in [7, 11) is 3.10. The maximum absolute atomic E-state index is 14.3. The molecule has 1 amide bonds. The van der Waals surface area contributed by atoms with Gasteiger partial charge in [0.15, 0.2) is 0 Å². The van der Waals surface area contributed by atoms with Crippen molar-refractivity contribution in [1.82, 2.24) is 10.3 Å². The van der Waals surface area contributed by atoms with E-state index >= 15 is 0 Å². The molecule has 4 aromatic rings. The number of carboxylic acid groups (broad SMARTS) is 1. The van der Waals surface area contributed by atoms with E-state index in [-0.39, 0.29) is 6.42 Å². The summed E-state index contributed by atoms with van der Waals surface area (Å²) in [5.74, 6) is -3.50. The summed E-state index contributed by atoms with van der Waals surface area (Å²) in [6.45, 7) is 1.48. The molecule has 37 heavy (non-hydrogen) atoms. The van der Waals surface area contributed by atoms with Crippen molar-refractivity contribution in [2.24, 2.45) is 0 Å². The van der Waals surface area contributed by atoms with Crippen LogP contribution in [0.4, 0.5) is 8.78 Å². The molecule has 0 unspecified atom stereocenters. The third-order valence-electron chi connectivity index (χ3n) is 5.99. The van der Waals surface area contributed by atoms with Crippen molar-refractivity contribution in [3.05, 3.63) is 89.1 Å². The smallest absolute Gasteiger partial charge is 0.326 e. The normalized spacial score (nSPS) is 11.7. The van der Waals surface area contributed by atoms with Gasteiger partial charge in [-0.05, 0) is 53.9 Å². The summed E-state index contributed by atoms with van der Waals surface area (Å²) in [4.78, 5) is 29.1. The van der Waals surface area contributed by atoms with Gasteiger partial charge in [0.25, 0.3) is 5.91 Å². The number of aromatic nitrogens is 1. The van der Waals surface area contributed by atoms with Crippen molar-refractivity contribution >= 4 is 22.8 Å². The first kappa shape index (κ1) is 25.6. The number of hydrogen-bond acceptors (Lipinski definition) is 5. The number of amides is 1. The number of pyridine rings is 1. The number of benzene rings is 3. The molecule has 3 aromatic carbocycles. The SMILES string of the molecule is COc1cccc(OC)c1-c1ccc(C[C@H](NC(=O)c2c(F)cc(C)cc2F)C(=O)O)c2ncccc12. The molecule has 1 atom stereocenters. The Bertz CT molecular complexity index is 1460. The lowest BCUT2D eigenvalue weighted by Crippen LogP contribution is -2.43. The van der Waals surface area contributed by atoms with Gasteiger partial charge in [-0.2, -0.15) is 0 Å². The number of ether oxygens (including phenoxy) is 2. The van der Waals surface area contributed by atoms with Gasteiger partial charge in [-0.1, -0.05) is 24.3 Å². The van der Waals surface area contributed by atoms with Crippen LogP contribution < -0.4 is 14.8 Å². The lowest BCUT2D eigenvalue weighted by Gasteiger charge is -2.19. The van der Waals surface area contributed by atoms with E-state index in [9.17, 15) is 23.5 Å². The fourth-order valence-electron chi connectivity index (χ4n) is 4.30. The average Bonchev–Trinajstić information content (AvgIpc) is 2.87. The number of halogens is 2. The Balaban J connectivity index is 1.74. The van der Waals surface area contributed by atoms with Crippen LogP contribution >= 0.6 is 0 Å². The highest BCUT2D eigenvalue weighted by Crippen LogP contribution is 2.41. The van der Waals surface area contributed by atoms with E-state index < -0.39 is 35.1 Å². The number of aliphatic carboxylic acids is 1. The monoisotopic (exact) mass is 506 g/mol. The van der Waals surface area contributed by atoms with Crippen LogP contribution in [-0.4, -0.2) is 42.2 Å². The molecule has 1 heterocycles. The summed E-state index contributed by atoms with van der Waals surface area (Å²) < 4.78 is 39.7. The topological polar surface area (TPSA) is 97.8 Å². The third-order valence-corrected chi connectivity index (χ3v) is 5.99. The van der Waals surface area contributed by atoms with Gasteiger partial charge in [-0.25, -0.2) is 13.6 Å². The summed E-state index contributed by atoms with van der Waals surface area (Å²) in [6, 6.07) is 13.0. The first-order chi connectivity index (χ1) is 17.7. The van der Waals surface area contributed by atoms with Crippen LogP contribution in [0.3, 0.4) is 0 Å². The van der Waals surface area contributed by atoms with Gasteiger partial charge in [-0.15, -0.1) is 0 Å². The van der Waals surface area contributed by atoms with E-state index in [1.54, 1.807) is 56.8 Å². The van der Waals surface area contributed by atoms with E-state index in [0.717, 1.165) is 17.7 Å².